The first kappa shape index (κ1) is 18.1. The third kappa shape index (κ3) is 3.34. The number of hydrogen-bond acceptors (Lipinski definition) is 4. The summed E-state index contributed by atoms with van der Waals surface area (Å²) in [5.41, 5.74) is 11.4. The molecule has 0 saturated carbocycles. The summed E-state index contributed by atoms with van der Waals surface area (Å²) in [5.74, 6) is -0.534. The number of carbonyl (C=O) groups excluding carboxylic acids is 1. The van der Waals surface area contributed by atoms with Crippen LogP contribution in [-0.2, 0) is 13.0 Å². The van der Waals surface area contributed by atoms with Crippen molar-refractivity contribution in [3.63, 3.8) is 0 Å². The third-order valence-electron chi connectivity index (χ3n) is 4.99. The van der Waals surface area contributed by atoms with Crippen LogP contribution >= 0.6 is 0 Å². The highest BCUT2D eigenvalue weighted by atomic mass is 19.1. The smallest absolute Gasteiger partial charge is 0.251 e. The highest BCUT2D eigenvalue weighted by molar-refractivity contribution is 5.97. The first-order chi connectivity index (χ1) is 13.6. The van der Waals surface area contributed by atoms with E-state index >= 15 is 0 Å². The number of carbonyl (C=O) groups is 1. The summed E-state index contributed by atoms with van der Waals surface area (Å²) in [6.07, 6.45) is 0.753. The summed E-state index contributed by atoms with van der Waals surface area (Å²) >= 11 is 0. The Bertz CT molecular complexity index is 1050. The van der Waals surface area contributed by atoms with E-state index in [0.29, 0.717) is 23.2 Å². The number of nitrogen functional groups attached to an aromatic ring is 1. The summed E-state index contributed by atoms with van der Waals surface area (Å²) in [7, 11) is 1.88. The Balaban J connectivity index is 1.76. The Morgan fingerprint density at radius 3 is 2.57 bits per heavy atom. The zero-order valence-electron chi connectivity index (χ0n) is 15.6. The number of nitrogens with one attached hydrogen (secondary N) is 2. The van der Waals surface area contributed by atoms with Crippen LogP contribution in [-0.4, -0.2) is 24.5 Å². The molecule has 0 bridgehead atoms. The maximum absolute atomic E-state index is 14.5. The predicted octanol–water partition coefficient (Wildman–Crippen LogP) is 3.14. The number of fused-ring (bicyclic) bond motifs is 1. The van der Waals surface area contributed by atoms with Crippen LogP contribution in [0.1, 0.15) is 21.5 Å². The van der Waals surface area contributed by atoms with Crippen LogP contribution in [0.5, 0.6) is 0 Å². The van der Waals surface area contributed by atoms with Gasteiger partial charge in [0.25, 0.3) is 5.91 Å². The van der Waals surface area contributed by atoms with E-state index in [1.54, 1.807) is 12.1 Å². The maximum atomic E-state index is 14.5. The highest BCUT2D eigenvalue weighted by Crippen LogP contribution is 2.33. The van der Waals surface area contributed by atoms with E-state index in [1.807, 2.05) is 43.4 Å². The maximum Gasteiger partial charge on any atom is 0.251 e. The molecule has 0 saturated heterocycles. The minimum Gasteiger partial charge on any atom is -0.383 e. The number of pyridine rings is 1. The number of anilines is 1. The number of benzene rings is 2. The normalized spacial score (nSPS) is 13.1. The number of nitrogens with two attached hydrogens (primary N) is 1. The largest absolute Gasteiger partial charge is 0.383 e. The lowest BCUT2D eigenvalue weighted by molar-refractivity contribution is 0.0946. The van der Waals surface area contributed by atoms with Gasteiger partial charge in [-0.1, -0.05) is 36.4 Å². The van der Waals surface area contributed by atoms with E-state index in [1.165, 1.54) is 0 Å². The van der Waals surface area contributed by atoms with E-state index in [9.17, 15) is 9.18 Å². The Morgan fingerprint density at radius 2 is 1.82 bits per heavy atom. The average molecular weight is 376 g/mol. The first-order valence-electron chi connectivity index (χ1n) is 9.18. The van der Waals surface area contributed by atoms with Gasteiger partial charge in [-0.3, -0.25) is 4.79 Å². The number of halogens is 1. The molecule has 5 nitrogen and oxygen atoms in total. The van der Waals surface area contributed by atoms with Crippen LogP contribution < -0.4 is 16.4 Å². The van der Waals surface area contributed by atoms with Crippen molar-refractivity contribution in [1.82, 2.24) is 15.6 Å². The van der Waals surface area contributed by atoms with Gasteiger partial charge >= 0.3 is 0 Å². The molecular weight excluding hydrogens is 355 g/mol. The van der Waals surface area contributed by atoms with Crippen LogP contribution in [0.3, 0.4) is 0 Å². The summed E-state index contributed by atoms with van der Waals surface area (Å²) in [6, 6.07) is 15.0. The molecule has 2 aromatic carbocycles. The molecule has 1 amide bonds. The summed E-state index contributed by atoms with van der Waals surface area (Å²) in [4.78, 5) is 15.9. The number of nitrogens with zero attached hydrogens (tertiary/aromatic N) is 1. The fourth-order valence-electron chi connectivity index (χ4n) is 3.54. The van der Waals surface area contributed by atoms with E-state index in [0.717, 1.165) is 35.2 Å². The lowest BCUT2D eigenvalue weighted by Crippen LogP contribution is -2.31. The highest BCUT2D eigenvalue weighted by Gasteiger charge is 2.19. The van der Waals surface area contributed by atoms with Crippen molar-refractivity contribution in [2.24, 2.45) is 0 Å². The van der Waals surface area contributed by atoms with E-state index in [-0.39, 0.29) is 11.7 Å². The minimum atomic E-state index is -0.597. The van der Waals surface area contributed by atoms with Gasteiger partial charge in [0.1, 0.15) is 5.82 Å². The number of amides is 1. The molecule has 1 aliphatic rings. The fraction of sp³-hybridized carbons (Fsp3) is 0.182. The van der Waals surface area contributed by atoms with E-state index in [2.05, 4.69) is 15.6 Å². The number of aromatic nitrogens is 1. The van der Waals surface area contributed by atoms with Gasteiger partial charge < -0.3 is 16.4 Å². The molecule has 4 N–H and O–H groups in total. The van der Waals surface area contributed by atoms with Crippen molar-refractivity contribution < 1.29 is 9.18 Å². The molecule has 0 unspecified atom stereocenters. The number of hydrogen-bond donors (Lipinski definition) is 3. The molecule has 0 spiro atoms. The standard InChI is InChI=1S/C22H21FN4O/c1-25-12-13-2-4-14(5-3-13)18-11-19(21(24)27-20(18)23)15-6-7-17-16(10-15)8-9-26-22(17)28/h2-7,10-11,25H,8-9,12H2,1H3,(H2,24,27)(H,26,28). The minimum absolute atomic E-state index is 0.0691. The fourth-order valence-corrected chi connectivity index (χ4v) is 3.54. The van der Waals surface area contributed by atoms with Gasteiger partial charge in [-0.25, -0.2) is 4.98 Å². The Hall–Kier alpha value is -3.25. The average Bonchev–Trinajstić information content (AvgIpc) is 2.69. The predicted molar refractivity (Wildman–Crippen MR) is 108 cm³/mol. The van der Waals surface area contributed by atoms with Crippen LogP contribution in [0.15, 0.2) is 48.5 Å². The van der Waals surface area contributed by atoms with Crippen molar-refractivity contribution in [2.45, 2.75) is 13.0 Å². The topological polar surface area (TPSA) is 80.0 Å². The van der Waals surface area contributed by atoms with Crippen LogP contribution in [0.4, 0.5) is 10.2 Å². The molecule has 0 radical (unpaired) electrons. The second-order valence-corrected chi connectivity index (χ2v) is 6.86. The molecule has 2 heterocycles. The van der Waals surface area contributed by atoms with Crippen molar-refractivity contribution in [1.29, 1.82) is 0 Å². The second kappa shape index (κ2) is 7.40. The van der Waals surface area contributed by atoms with E-state index < -0.39 is 5.95 Å². The van der Waals surface area contributed by atoms with Gasteiger partial charge in [-0.05, 0) is 47.9 Å². The molecule has 28 heavy (non-hydrogen) atoms. The quantitative estimate of drug-likeness (QED) is 0.611. The molecule has 1 aromatic heterocycles. The van der Waals surface area contributed by atoms with Gasteiger partial charge in [0, 0.05) is 29.8 Å². The van der Waals surface area contributed by atoms with E-state index in [4.69, 9.17) is 5.73 Å². The summed E-state index contributed by atoms with van der Waals surface area (Å²) < 4.78 is 14.5. The lowest BCUT2D eigenvalue weighted by Gasteiger charge is -2.18. The zero-order valence-corrected chi connectivity index (χ0v) is 15.6. The summed E-state index contributed by atoms with van der Waals surface area (Å²) in [5, 5.41) is 5.92. The molecule has 4 rings (SSSR count). The summed E-state index contributed by atoms with van der Waals surface area (Å²) in [6.45, 7) is 1.35. The van der Waals surface area contributed by atoms with Crippen LogP contribution in [0.2, 0.25) is 0 Å². The van der Waals surface area contributed by atoms with Gasteiger partial charge in [0.05, 0.1) is 0 Å². The van der Waals surface area contributed by atoms with Crippen molar-refractivity contribution in [3.8, 4) is 22.3 Å². The Labute approximate surface area is 162 Å². The van der Waals surface area contributed by atoms with Crippen molar-refractivity contribution in [2.75, 3.05) is 19.3 Å². The molecule has 6 heteroatoms. The van der Waals surface area contributed by atoms with Gasteiger partial charge in [-0.2, -0.15) is 4.39 Å². The van der Waals surface area contributed by atoms with Gasteiger partial charge in [0.15, 0.2) is 0 Å². The van der Waals surface area contributed by atoms with Crippen LogP contribution in [0, 0.1) is 5.95 Å². The molecule has 1 aliphatic heterocycles. The third-order valence-corrected chi connectivity index (χ3v) is 4.99. The van der Waals surface area contributed by atoms with Crippen molar-refractivity contribution >= 4 is 11.7 Å². The molecule has 3 aromatic rings. The van der Waals surface area contributed by atoms with Gasteiger partial charge in [-0.15, -0.1) is 0 Å². The number of rotatable bonds is 4. The van der Waals surface area contributed by atoms with Crippen LogP contribution in [0.25, 0.3) is 22.3 Å². The van der Waals surface area contributed by atoms with Gasteiger partial charge in [0.2, 0.25) is 5.95 Å². The Morgan fingerprint density at radius 1 is 1.07 bits per heavy atom. The first-order valence-corrected chi connectivity index (χ1v) is 9.18. The molecule has 142 valence electrons. The molecule has 0 fully saturated rings. The Kier molecular flexibility index (Phi) is 4.79. The SMILES string of the molecule is CNCc1ccc(-c2cc(-c3ccc4c(c3)CCNC4=O)c(N)nc2F)cc1. The zero-order chi connectivity index (χ0) is 19.7. The second-order valence-electron chi connectivity index (χ2n) is 6.86. The lowest BCUT2D eigenvalue weighted by atomic mass is 9.94. The molecule has 0 aliphatic carbocycles. The monoisotopic (exact) mass is 376 g/mol. The molecular formula is C22H21FN4O. The molecule has 0 atom stereocenters. The van der Waals surface area contributed by atoms with Crippen molar-refractivity contribution in [3.05, 3.63) is 71.2 Å².